The molecule has 1 N–H and O–H groups in total. The lowest BCUT2D eigenvalue weighted by atomic mass is 10.0. The highest BCUT2D eigenvalue weighted by atomic mass is 79.9. The Labute approximate surface area is 134 Å². The van der Waals surface area contributed by atoms with Crippen molar-refractivity contribution < 1.29 is 4.79 Å². The molecule has 0 aliphatic heterocycles. The zero-order chi connectivity index (χ0) is 15.4. The van der Waals surface area contributed by atoms with E-state index in [1.807, 2.05) is 25.1 Å². The van der Waals surface area contributed by atoms with Gasteiger partial charge in [0.25, 0.3) is 5.91 Å². The van der Waals surface area contributed by atoms with Crippen molar-refractivity contribution in [2.45, 2.75) is 33.6 Å². The van der Waals surface area contributed by atoms with Crippen LogP contribution >= 0.6 is 15.9 Å². The highest BCUT2D eigenvalue weighted by Gasteiger charge is 2.12. The smallest absolute Gasteiger partial charge is 0.255 e. The van der Waals surface area contributed by atoms with Crippen LogP contribution < -0.4 is 5.32 Å². The van der Waals surface area contributed by atoms with E-state index in [0.29, 0.717) is 5.56 Å². The van der Waals surface area contributed by atoms with Gasteiger partial charge in [-0.1, -0.05) is 48.0 Å². The van der Waals surface area contributed by atoms with Gasteiger partial charge in [-0.05, 0) is 54.7 Å². The predicted octanol–water partition coefficient (Wildman–Crippen LogP) is 5.13. The molecule has 2 aromatic carbocycles. The number of hydrogen-bond donors (Lipinski definition) is 1. The first-order valence-electron chi connectivity index (χ1n) is 7.25. The quantitative estimate of drug-likeness (QED) is 0.816. The zero-order valence-corrected chi connectivity index (χ0v) is 14.3. The van der Waals surface area contributed by atoms with Gasteiger partial charge in [0.05, 0.1) is 0 Å². The van der Waals surface area contributed by atoms with Crippen LogP contribution in [0.3, 0.4) is 0 Å². The first-order valence-corrected chi connectivity index (χ1v) is 8.04. The van der Waals surface area contributed by atoms with Crippen molar-refractivity contribution in [3.63, 3.8) is 0 Å². The number of amides is 1. The van der Waals surface area contributed by atoms with Gasteiger partial charge < -0.3 is 5.32 Å². The molecule has 110 valence electrons. The van der Waals surface area contributed by atoms with Gasteiger partial charge >= 0.3 is 0 Å². The molecule has 0 fully saturated rings. The monoisotopic (exact) mass is 345 g/mol. The van der Waals surface area contributed by atoms with Crippen LogP contribution in [0.4, 0.5) is 5.69 Å². The number of aryl methyl sites for hydroxylation is 3. The number of hydrogen-bond acceptors (Lipinski definition) is 1. The molecule has 1 amide bonds. The Morgan fingerprint density at radius 3 is 2.24 bits per heavy atom. The van der Waals surface area contributed by atoms with E-state index in [9.17, 15) is 4.79 Å². The number of halogens is 1. The Hall–Kier alpha value is -1.61. The van der Waals surface area contributed by atoms with Gasteiger partial charge in [0, 0.05) is 15.7 Å². The Kier molecular flexibility index (Phi) is 5.18. The molecule has 21 heavy (non-hydrogen) atoms. The average molecular weight is 346 g/mol. The van der Waals surface area contributed by atoms with Crippen LogP contribution in [-0.4, -0.2) is 5.91 Å². The molecule has 0 saturated heterocycles. The second-order valence-corrected chi connectivity index (χ2v) is 5.93. The maximum Gasteiger partial charge on any atom is 0.255 e. The van der Waals surface area contributed by atoms with Crippen molar-refractivity contribution in [2.24, 2.45) is 0 Å². The minimum absolute atomic E-state index is 0.0544. The van der Waals surface area contributed by atoms with Gasteiger partial charge in [-0.3, -0.25) is 4.79 Å². The number of benzene rings is 2. The van der Waals surface area contributed by atoms with Crippen molar-refractivity contribution in [1.29, 1.82) is 0 Å². The summed E-state index contributed by atoms with van der Waals surface area (Å²) in [6.45, 7) is 6.20. The van der Waals surface area contributed by atoms with Gasteiger partial charge in [-0.25, -0.2) is 0 Å². The second kappa shape index (κ2) is 6.90. The summed E-state index contributed by atoms with van der Waals surface area (Å²) >= 11 is 3.46. The van der Waals surface area contributed by atoms with Gasteiger partial charge in [-0.2, -0.15) is 0 Å². The van der Waals surface area contributed by atoms with Crippen LogP contribution in [-0.2, 0) is 12.8 Å². The summed E-state index contributed by atoms with van der Waals surface area (Å²) in [6.07, 6.45) is 1.81. The predicted molar refractivity (Wildman–Crippen MR) is 92.0 cm³/mol. The highest BCUT2D eigenvalue weighted by molar-refractivity contribution is 9.10. The molecule has 0 saturated carbocycles. The van der Waals surface area contributed by atoms with E-state index in [4.69, 9.17) is 0 Å². The number of rotatable bonds is 4. The highest BCUT2D eigenvalue weighted by Crippen LogP contribution is 2.24. The third-order valence-electron chi connectivity index (χ3n) is 3.66. The van der Waals surface area contributed by atoms with Crippen LogP contribution in [0.25, 0.3) is 0 Å². The summed E-state index contributed by atoms with van der Waals surface area (Å²) in [5, 5.41) is 3.09. The Morgan fingerprint density at radius 1 is 1.10 bits per heavy atom. The normalized spacial score (nSPS) is 10.5. The molecular formula is C18H20BrNO. The fraction of sp³-hybridized carbons (Fsp3) is 0.278. The summed E-state index contributed by atoms with van der Waals surface area (Å²) in [5.74, 6) is -0.0544. The zero-order valence-electron chi connectivity index (χ0n) is 12.7. The van der Waals surface area contributed by atoms with E-state index in [1.54, 1.807) is 0 Å². The van der Waals surface area contributed by atoms with Crippen molar-refractivity contribution in [3.8, 4) is 0 Å². The van der Waals surface area contributed by atoms with Crippen LogP contribution in [0.15, 0.2) is 40.9 Å². The molecule has 0 aliphatic carbocycles. The molecule has 0 spiro atoms. The molecule has 2 aromatic rings. The van der Waals surface area contributed by atoms with E-state index < -0.39 is 0 Å². The number of para-hydroxylation sites is 1. The number of nitrogens with one attached hydrogen (secondary N) is 1. The van der Waals surface area contributed by atoms with Crippen LogP contribution in [0.5, 0.6) is 0 Å². The van der Waals surface area contributed by atoms with Gasteiger partial charge in [0.1, 0.15) is 0 Å². The SMILES string of the molecule is CCc1cccc(CC)c1NC(=O)c1ccc(Br)c(C)c1. The summed E-state index contributed by atoms with van der Waals surface area (Å²) in [6, 6.07) is 11.9. The molecule has 3 heteroatoms. The summed E-state index contributed by atoms with van der Waals surface area (Å²) < 4.78 is 1.02. The lowest BCUT2D eigenvalue weighted by Crippen LogP contribution is -2.15. The molecule has 0 bridgehead atoms. The van der Waals surface area contributed by atoms with Crippen molar-refractivity contribution in [1.82, 2.24) is 0 Å². The lowest BCUT2D eigenvalue weighted by molar-refractivity contribution is 0.102. The Morgan fingerprint density at radius 2 is 1.71 bits per heavy atom. The molecular weight excluding hydrogens is 326 g/mol. The number of carbonyl (C=O) groups excluding carboxylic acids is 1. The van der Waals surface area contributed by atoms with Crippen LogP contribution in [0.2, 0.25) is 0 Å². The number of anilines is 1. The molecule has 0 radical (unpaired) electrons. The molecule has 0 aromatic heterocycles. The first-order chi connectivity index (χ1) is 10.1. The molecule has 0 heterocycles. The van der Waals surface area contributed by atoms with Crippen molar-refractivity contribution >= 4 is 27.5 Å². The molecule has 0 aliphatic rings. The largest absolute Gasteiger partial charge is 0.321 e. The maximum atomic E-state index is 12.5. The molecule has 0 atom stereocenters. The van der Waals surface area contributed by atoms with E-state index in [0.717, 1.165) is 28.6 Å². The molecule has 2 nitrogen and oxygen atoms in total. The summed E-state index contributed by atoms with van der Waals surface area (Å²) in [4.78, 5) is 12.5. The van der Waals surface area contributed by atoms with Crippen molar-refractivity contribution in [2.75, 3.05) is 5.32 Å². The maximum absolute atomic E-state index is 12.5. The standard InChI is InChI=1S/C18H20BrNO/c1-4-13-7-6-8-14(5-2)17(13)20-18(21)15-9-10-16(19)12(3)11-15/h6-11H,4-5H2,1-3H3,(H,20,21). The van der Waals surface area contributed by atoms with Gasteiger partial charge in [0.15, 0.2) is 0 Å². The van der Waals surface area contributed by atoms with Gasteiger partial charge in [0.2, 0.25) is 0 Å². The topological polar surface area (TPSA) is 29.1 Å². The molecule has 2 rings (SSSR count). The third-order valence-corrected chi connectivity index (χ3v) is 4.55. The van der Waals surface area contributed by atoms with Crippen LogP contribution in [0.1, 0.15) is 40.9 Å². The van der Waals surface area contributed by atoms with Gasteiger partial charge in [-0.15, -0.1) is 0 Å². The first kappa shape index (κ1) is 15.8. The Bertz CT molecular complexity index is 642. The van der Waals surface area contributed by atoms with E-state index in [1.165, 1.54) is 11.1 Å². The fourth-order valence-corrected chi connectivity index (χ4v) is 2.62. The lowest BCUT2D eigenvalue weighted by Gasteiger charge is -2.14. The van der Waals surface area contributed by atoms with E-state index in [-0.39, 0.29) is 5.91 Å². The van der Waals surface area contributed by atoms with Crippen molar-refractivity contribution in [3.05, 3.63) is 63.1 Å². The second-order valence-electron chi connectivity index (χ2n) is 5.08. The minimum atomic E-state index is -0.0544. The number of carbonyl (C=O) groups is 1. The fourth-order valence-electron chi connectivity index (χ4n) is 2.37. The third kappa shape index (κ3) is 3.53. The van der Waals surface area contributed by atoms with E-state index in [2.05, 4.69) is 53.3 Å². The molecule has 0 unspecified atom stereocenters. The summed E-state index contributed by atoms with van der Waals surface area (Å²) in [5.41, 5.74) is 5.06. The minimum Gasteiger partial charge on any atom is -0.321 e. The average Bonchev–Trinajstić information content (AvgIpc) is 2.50. The summed E-state index contributed by atoms with van der Waals surface area (Å²) in [7, 11) is 0. The van der Waals surface area contributed by atoms with Crippen LogP contribution in [0, 0.1) is 6.92 Å². The van der Waals surface area contributed by atoms with E-state index >= 15 is 0 Å². The Balaban J connectivity index is 2.33.